The Morgan fingerprint density at radius 3 is 2.45 bits per heavy atom. The highest BCUT2D eigenvalue weighted by atomic mass is 16.4. The lowest BCUT2D eigenvalue weighted by atomic mass is 9.97. The highest BCUT2D eigenvalue weighted by Gasteiger charge is 2.14. The number of nitrogens with one attached hydrogen (secondary N) is 1. The molecule has 0 bridgehead atoms. The van der Waals surface area contributed by atoms with Crippen LogP contribution in [-0.4, -0.2) is 40.8 Å². The van der Waals surface area contributed by atoms with Gasteiger partial charge < -0.3 is 20.4 Å². The summed E-state index contributed by atoms with van der Waals surface area (Å²) >= 11 is 0. The molecule has 0 aromatic heterocycles. The molecule has 0 saturated carbocycles. The van der Waals surface area contributed by atoms with Crippen LogP contribution in [0.1, 0.15) is 50.1 Å². The van der Waals surface area contributed by atoms with Crippen molar-refractivity contribution in [2.45, 2.75) is 44.6 Å². The molecule has 2 fully saturated rings. The molecule has 3 N–H and O–H groups in total. The number of nitrogens with zero attached hydrogens (tertiary/aromatic N) is 1. The molecule has 1 aromatic rings. The highest BCUT2D eigenvalue weighted by molar-refractivity contribution is 5.64. The standard InChI is InChI=1S/C11H15NO.C6H11NO2/c13-10-5-3-4-9(8-10)11-6-1-2-7-12-11;8-6(9)7-4-2-1-3-5-7/h3-5,8,11-13H,1-2,6-7H2;1-5H2,(H,8,9). The van der Waals surface area contributed by atoms with E-state index in [-0.39, 0.29) is 0 Å². The number of carboxylic acid groups (broad SMARTS) is 1. The van der Waals surface area contributed by atoms with E-state index >= 15 is 0 Å². The van der Waals surface area contributed by atoms with Crippen molar-refractivity contribution >= 4 is 6.09 Å². The zero-order valence-corrected chi connectivity index (χ0v) is 13.0. The number of aromatic hydroxyl groups is 1. The maximum Gasteiger partial charge on any atom is 0.407 e. The summed E-state index contributed by atoms with van der Waals surface area (Å²) in [6, 6.07) is 7.99. The van der Waals surface area contributed by atoms with E-state index in [1.807, 2.05) is 12.1 Å². The Balaban J connectivity index is 0.000000172. The van der Waals surface area contributed by atoms with Crippen LogP contribution in [0, 0.1) is 0 Å². The summed E-state index contributed by atoms with van der Waals surface area (Å²) in [7, 11) is 0. The van der Waals surface area contributed by atoms with Crippen LogP contribution in [0.2, 0.25) is 0 Å². The van der Waals surface area contributed by atoms with Crippen LogP contribution in [0.25, 0.3) is 0 Å². The molecule has 22 heavy (non-hydrogen) atoms. The average Bonchev–Trinajstić information content (AvgIpc) is 2.57. The Labute approximate surface area is 131 Å². The van der Waals surface area contributed by atoms with Gasteiger partial charge in [-0.15, -0.1) is 0 Å². The molecule has 2 aliphatic heterocycles. The van der Waals surface area contributed by atoms with Gasteiger partial charge in [-0.3, -0.25) is 0 Å². The molecule has 1 amide bonds. The maximum absolute atomic E-state index is 10.3. The van der Waals surface area contributed by atoms with Crippen molar-refractivity contribution < 1.29 is 15.0 Å². The van der Waals surface area contributed by atoms with Crippen molar-refractivity contribution in [2.24, 2.45) is 0 Å². The summed E-state index contributed by atoms with van der Waals surface area (Å²) in [5.41, 5.74) is 1.21. The number of likely N-dealkylation sites (tertiary alicyclic amines) is 1. The molecule has 5 nitrogen and oxygen atoms in total. The lowest BCUT2D eigenvalue weighted by Crippen LogP contribution is -2.34. The second kappa shape index (κ2) is 8.63. The summed E-state index contributed by atoms with van der Waals surface area (Å²) in [6.07, 6.45) is 6.23. The van der Waals surface area contributed by atoms with Gasteiger partial charge in [-0.2, -0.15) is 0 Å². The second-order valence-electron chi connectivity index (χ2n) is 5.93. The first-order valence-electron chi connectivity index (χ1n) is 8.17. The fourth-order valence-corrected chi connectivity index (χ4v) is 2.96. The molecule has 2 saturated heterocycles. The van der Waals surface area contributed by atoms with E-state index in [4.69, 9.17) is 5.11 Å². The average molecular weight is 306 g/mol. The molecular formula is C17H26N2O3. The number of phenolic OH excluding ortho intramolecular Hbond substituents is 1. The van der Waals surface area contributed by atoms with Gasteiger partial charge in [0.1, 0.15) is 5.75 Å². The zero-order chi connectivity index (χ0) is 15.8. The first-order valence-corrected chi connectivity index (χ1v) is 8.17. The van der Waals surface area contributed by atoms with Crippen LogP contribution < -0.4 is 5.32 Å². The molecule has 122 valence electrons. The van der Waals surface area contributed by atoms with E-state index < -0.39 is 6.09 Å². The summed E-state index contributed by atoms with van der Waals surface area (Å²) in [4.78, 5) is 11.8. The van der Waals surface area contributed by atoms with Gasteiger partial charge in [0.05, 0.1) is 0 Å². The second-order valence-corrected chi connectivity index (χ2v) is 5.93. The third-order valence-corrected chi connectivity index (χ3v) is 4.21. The Morgan fingerprint density at radius 2 is 1.91 bits per heavy atom. The molecule has 0 spiro atoms. The van der Waals surface area contributed by atoms with Crippen LogP contribution >= 0.6 is 0 Å². The van der Waals surface area contributed by atoms with Crippen LogP contribution in [0.4, 0.5) is 4.79 Å². The van der Waals surface area contributed by atoms with E-state index in [1.165, 1.54) is 36.1 Å². The number of hydrogen-bond acceptors (Lipinski definition) is 3. The van der Waals surface area contributed by atoms with Crippen molar-refractivity contribution in [3.05, 3.63) is 29.8 Å². The monoisotopic (exact) mass is 306 g/mol. The van der Waals surface area contributed by atoms with Crippen molar-refractivity contribution in [3.8, 4) is 5.75 Å². The van der Waals surface area contributed by atoms with Gasteiger partial charge in [-0.1, -0.05) is 18.6 Å². The first kappa shape index (κ1) is 16.6. The molecule has 1 unspecified atom stereocenters. The normalized spacial score (nSPS) is 21.6. The van der Waals surface area contributed by atoms with E-state index in [0.29, 0.717) is 11.8 Å². The predicted octanol–water partition coefficient (Wildman–Crippen LogP) is 3.36. The number of carbonyl (C=O) groups is 1. The molecule has 1 atom stereocenters. The first-order chi connectivity index (χ1) is 10.7. The fraction of sp³-hybridized carbons (Fsp3) is 0.588. The van der Waals surface area contributed by atoms with E-state index in [2.05, 4.69) is 11.4 Å². The Morgan fingerprint density at radius 1 is 1.14 bits per heavy atom. The Bertz CT molecular complexity index is 467. The van der Waals surface area contributed by atoms with E-state index in [9.17, 15) is 9.90 Å². The number of piperidine rings is 2. The van der Waals surface area contributed by atoms with Gasteiger partial charge >= 0.3 is 6.09 Å². The molecule has 3 rings (SSSR count). The van der Waals surface area contributed by atoms with E-state index in [0.717, 1.165) is 32.5 Å². The lowest BCUT2D eigenvalue weighted by Gasteiger charge is -2.23. The van der Waals surface area contributed by atoms with Gasteiger partial charge in [0, 0.05) is 19.1 Å². The molecule has 0 radical (unpaired) electrons. The van der Waals surface area contributed by atoms with Crippen molar-refractivity contribution in [2.75, 3.05) is 19.6 Å². The van der Waals surface area contributed by atoms with Gasteiger partial charge in [-0.05, 0) is 56.3 Å². The van der Waals surface area contributed by atoms with Crippen molar-refractivity contribution in [1.29, 1.82) is 0 Å². The number of hydrogen-bond donors (Lipinski definition) is 3. The fourth-order valence-electron chi connectivity index (χ4n) is 2.96. The zero-order valence-electron chi connectivity index (χ0n) is 13.0. The highest BCUT2D eigenvalue weighted by Crippen LogP contribution is 2.24. The molecule has 2 aliphatic rings. The van der Waals surface area contributed by atoms with Gasteiger partial charge in [0.15, 0.2) is 0 Å². The van der Waals surface area contributed by atoms with Crippen LogP contribution in [0.5, 0.6) is 5.75 Å². The molecule has 5 heteroatoms. The van der Waals surface area contributed by atoms with Crippen molar-refractivity contribution in [3.63, 3.8) is 0 Å². The lowest BCUT2D eigenvalue weighted by molar-refractivity contribution is 0.136. The third kappa shape index (κ3) is 5.22. The minimum atomic E-state index is -0.769. The smallest absolute Gasteiger partial charge is 0.407 e. The van der Waals surface area contributed by atoms with Gasteiger partial charge in [-0.25, -0.2) is 4.79 Å². The topological polar surface area (TPSA) is 72.8 Å². The minimum absolute atomic E-state index is 0.366. The largest absolute Gasteiger partial charge is 0.508 e. The van der Waals surface area contributed by atoms with Gasteiger partial charge in [0.2, 0.25) is 0 Å². The molecule has 1 aromatic carbocycles. The number of rotatable bonds is 1. The predicted molar refractivity (Wildman–Crippen MR) is 86.2 cm³/mol. The summed E-state index contributed by atoms with van der Waals surface area (Å²) in [6.45, 7) is 2.56. The third-order valence-electron chi connectivity index (χ3n) is 4.21. The summed E-state index contributed by atoms with van der Waals surface area (Å²) < 4.78 is 0. The van der Waals surface area contributed by atoms with Crippen molar-refractivity contribution in [1.82, 2.24) is 10.2 Å². The van der Waals surface area contributed by atoms with Crippen LogP contribution in [0.15, 0.2) is 24.3 Å². The summed E-state index contributed by atoms with van der Waals surface area (Å²) in [5.74, 6) is 0.366. The Hall–Kier alpha value is -1.75. The maximum atomic E-state index is 10.3. The van der Waals surface area contributed by atoms with Gasteiger partial charge in [0.25, 0.3) is 0 Å². The number of benzene rings is 1. The van der Waals surface area contributed by atoms with Crippen LogP contribution in [0.3, 0.4) is 0 Å². The van der Waals surface area contributed by atoms with E-state index in [1.54, 1.807) is 6.07 Å². The Kier molecular flexibility index (Phi) is 6.52. The minimum Gasteiger partial charge on any atom is -0.508 e. The summed E-state index contributed by atoms with van der Waals surface area (Å²) in [5, 5.41) is 21.2. The molecule has 2 heterocycles. The number of amides is 1. The number of phenols is 1. The molecule has 0 aliphatic carbocycles. The van der Waals surface area contributed by atoms with Crippen LogP contribution in [-0.2, 0) is 0 Å². The quantitative estimate of drug-likeness (QED) is 0.744. The SMILES string of the molecule is O=C(O)N1CCCCC1.Oc1cccc(C2CCCCN2)c1. The molecular weight excluding hydrogens is 280 g/mol.